The second-order valence-electron chi connectivity index (χ2n) is 4.43. The molecule has 0 spiro atoms. The zero-order valence-corrected chi connectivity index (χ0v) is 11.0. The number of nitriles is 1. The molecule has 2 aromatic rings. The summed E-state index contributed by atoms with van der Waals surface area (Å²) in [5.74, 6) is 1.31. The van der Waals surface area contributed by atoms with Gasteiger partial charge in [-0.3, -0.25) is 0 Å². The summed E-state index contributed by atoms with van der Waals surface area (Å²) >= 11 is 0. The van der Waals surface area contributed by atoms with Crippen LogP contribution in [0.1, 0.15) is 22.3 Å². The number of anilines is 1. The standard InChI is InChI=1S/C15H15N3O/c1-10-5-13(7-16)6-11(2)15(10)19-9-12-3-4-14(17)18-8-12/h3-6,8H,9H2,1-2H3,(H2,17,18). The first-order valence-corrected chi connectivity index (χ1v) is 5.94. The first kappa shape index (κ1) is 12.9. The van der Waals surface area contributed by atoms with E-state index in [4.69, 9.17) is 15.7 Å². The highest BCUT2D eigenvalue weighted by molar-refractivity contribution is 5.47. The van der Waals surface area contributed by atoms with Gasteiger partial charge in [0.2, 0.25) is 0 Å². The van der Waals surface area contributed by atoms with Crippen molar-refractivity contribution in [3.63, 3.8) is 0 Å². The molecule has 2 rings (SSSR count). The summed E-state index contributed by atoms with van der Waals surface area (Å²) in [7, 11) is 0. The molecule has 4 heteroatoms. The summed E-state index contributed by atoms with van der Waals surface area (Å²) in [6.07, 6.45) is 1.70. The van der Waals surface area contributed by atoms with Crippen LogP contribution >= 0.6 is 0 Å². The van der Waals surface area contributed by atoms with Crippen LogP contribution in [0.2, 0.25) is 0 Å². The van der Waals surface area contributed by atoms with Crippen molar-refractivity contribution in [2.45, 2.75) is 20.5 Å². The van der Waals surface area contributed by atoms with Gasteiger partial charge in [0.1, 0.15) is 18.2 Å². The highest BCUT2D eigenvalue weighted by atomic mass is 16.5. The molecule has 0 unspecified atom stereocenters. The van der Waals surface area contributed by atoms with Crippen LogP contribution in [0.15, 0.2) is 30.5 Å². The summed E-state index contributed by atoms with van der Waals surface area (Å²) in [5.41, 5.74) is 9.05. The van der Waals surface area contributed by atoms with Crippen LogP contribution in [0, 0.1) is 25.2 Å². The molecule has 0 amide bonds. The minimum Gasteiger partial charge on any atom is -0.488 e. The van der Waals surface area contributed by atoms with Crippen molar-refractivity contribution in [3.8, 4) is 11.8 Å². The van der Waals surface area contributed by atoms with Gasteiger partial charge >= 0.3 is 0 Å². The molecule has 1 aromatic carbocycles. The number of rotatable bonds is 3. The molecule has 19 heavy (non-hydrogen) atoms. The van der Waals surface area contributed by atoms with E-state index in [9.17, 15) is 0 Å². The minimum atomic E-state index is 0.431. The smallest absolute Gasteiger partial charge is 0.125 e. The minimum absolute atomic E-state index is 0.431. The molecular formula is C15H15N3O. The van der Waals surface area contributed by atoms with E-state index in [1.54, 1.807) is 12.3 Å². The summed E-state index contributed by atoms with van der Waals surface area (Å²) in [5, 5.41) is 8.90. The van der Waals surface area contributed by atoms with Gasteiger partial charge in [0.05, 0.1) is 11.6 Å². The lowest BCUT2D eigenvalue weighted by molar-refractivity contribution is 0.301. The van der Waals surface area contributed by atoms with Gasteiger partial charge in [-0.1, -0.05) is 6.07 Å². The first-order chi connectivity index (χ1) is 9.10. The molecule has 0 bridgehead atoms. The highest BCUT2D eigenvalue weighted by Gasteiger charge is 2.06. The third kappa shape index (κ3) is 3.02. The van der Waals surface area contributed by atoms with Gasteiger partial charge in [-0.2, -0.15) is 5.26 Å². The highest BCUT2D eigenvalue weighted by Crippen LogP contribution is 2.25. The Kier molecular flexibility index (Phi) is 3.67. The Bertz CT molecular complexity index is 604. The third-order valence-corrected chi connectivity index (χ3v) is 2.82. The summed E-state index contributed by atoms with van der Waals surface area (Å²) in [6.45, 7) is 4.30. The molecule has 0 aliphatic rings. The van der Waals surface area contributed by atoms with Gasteiger partial charge in [-0.05, 0) is 43.2 Å². The fourth-order valence-electron chi connectivity index (χ4n) is 1.92. The average Bonchev–Trinajstić information content (AvgIpc) is 2.39. The largest absolute Gasteiger partial charge is 0.488 e. The number of benzene rings is 1. The number of hydrogen-bond donors (Lipinski definition) is 1. The molecule has 0 aliphatic carbocycles. The molecule has 4 nitrogen and oxygen atoms in total. The topological polar surface area (TPSA) is 71.9 Å². The fraction of sp³-hybridized carbons (Fsp3) is 0.200. The predicted molar refractivity (Wildman–Crippen MR) is 73.6 cm³/mol. The van der Waals surface area contributed by atoms with Gasteiger partial charge in [-0.15, -0.1) is 0 Å². The number of pyridine rings is 1. The SMILES string of the molecule is Cc1cc(C#N)cc(C)c1OCc1ccc(N)nc1. The maximum atomic E-state index is 8.90. The van der Waals surface area contributed by atoms with Crippen LogP contribution < -0.4 is 10.5 Å². The Morgan fingerprint density at radius 3 is 2.47 bits per heavy atom. The molecule has 1 heterocycles. The third-order valence-electron chi connectivity index (χ3n) is 2.82. The average molecular weight is 253 g/mol. The Morgan fingerprint density at radius 2 is 1.95 bits per heavy atom. The quantitative estimate of drug-likeness (QED) is 0.912. The van der Waals surface area contributed by atoms with Crippen molar-refractivity contribution in [3.05, 3.63) is 52.7 Å². The van der Waals surface area contributed by atoms with E-state index < -0.39 is 0 Å². The van der Waals surface area contributed by atoms with E-state index >= 15 is 0 Å². The lowest BCUT2D eigenvalue weighted by atomic mass is 10.1. The molecule has 2 N–H and O–H groups in total. The number of ether oxygens (including phenoxy) is 1. The predicted octanol–water partition coefficient (Wildman–Crippen LogP) is 2.73. The number of aromatic nitrogens is 1. The van der Waals surface area contributed by atoms with Crippen LogP contribution in [0.5, 0.6) is 5.75 Å². The van der Waals surface area contributed by atoms with E-state index in [1.165, 1.54) is 0 Å². The van der Waals surface area contributed by atoms with Crippen molar-refractivity contribution in [2.24, 2.45) is 0 Å². The Morgan fingerprint density at radius 1 is 1.26 bits per heavy atom. The molecule has 0 atom stereocenters. The number of hydrogen-bond acceptors (Lipinski definition) is 4. The zero-order chi connectivity index (χ0) is 13.8. The molecule has 0 aliphatic heterocycles. The van der Waals surface area contributed by atoms with E-state index in [-0.39, 0.29) is 0 Å². The van der Waals surface area contributed by atoms with E-state index in [0.717, 1.165) is 22.4 Å². The number of nitrogen functional groups attached to an aromatic ring is 1. The summed E-state index contributed by atoms with van der Waals surface area (Å²) in [6, 6.07) is 9.42. The van der Waals surface area contributed by atoms with Crippen LogP contribution in [-0.2, 0) is 6.61 Å². The Labute approximate surface area is 112 Å². The number of aryl methyl sites for hydroxylation is 2. The molecule has 0 saturated heterocycles. The lowest BCUT2D eigenvalue weighted by Gasteiger charge is -2.12. The zero-order valence-electron chi connectivity index (χ0n) is 11.0. The van der Waals surface area contributed by atoms with Gasteiger partial charge in [0, 0.05) is 11.8 Å². The van der Waals surface area contributed by atoms with Crippen LogP contribution in [0.3, 0.4) is 0 Å². The van der Waals surface area contributed by atoms with Gasteiger partial charge in [0.25, 0.3) is 0 Å². The molecule has 1 aromatic heterocycles. The molecule has 0 saturated carbocycles. The van der Waals surface area contributed by atoms with Crippen LogP contribution in [0.4, 0.5) is 5.82 Å². The Hall–Kier alpha value is -2.54. The van der Waals surface area contributed by atoms with Crippen LogP contribution in [0.25, 0.3) is 0 Å². The van der Waals surface area contributed by atoms with E-state index in [2.05, 4.69) is 11.1 Å². The second-order valence-corrected chi connectivity index (χ2v) is 4.43. The lowest BCUT2D eigenvalue weighted by Crippen LogP contribution is -2.00. The van der Waals surface area contributed by atoms with E-state index in [1.807, 2.05) is 32.0 Å². The summed E-state index contributed by atoms with van der Waals surface area (Å²) < 4.78 is 5.80. The monoisotopic (exact) mass is 253 g/mol. The Balaban J connectivity index is 2.16. The molecule has 0 radical (unpaired) electrons. The van der Waals surface area contributed by atoms with Crippen LogP contribution in [-0.4, -0.2) is 4.98 Å². The summed E-state index contributed by atoms with van der Waals surface area (Å²) in [4.78, 5) is 4.02. The van der Waals surface area contributed by atoms with E-state index in [0.29, 0.717) is 18.0 Å². The first-order valence-electron chi connectivity index (χ1n) is 5.94. The number of nitrogens with zero attached hydrogens (tertiary/aromatic N) is 2. The molecule has 0 fully saturated rings. The second kappa shape index (κ2) is 5.40. The number of nitrogens with two attached hydrogens (primary N) is 1. The van der Waals surface area contributed by atoms with Crippen molar-refractivity contribution in [1.82, 2.24) is 4.98 Å². The normalized spacial score (nSPS) is 9.95. The van der Waals surface area contributed by atoms with Crippen molar-refractivity contribution < 1.29 is 4.74 Å². The van der Waals surface area contributed by atoms with Gasteiger partial charge < -0.3 is 10.5 Å². The van der Waals surface area contributed by atoms with Gasteiger partial charge in [0.15, 0.2) is 0 Å². The van der Waals surface area contributed by atoms with Crippen molar-refractivity contribution in [2.75, 3.05) is 5.73 Å². The molecular weight excluding hydrogens is 238 g/mol. The van der Waals surface area contributed by atoms with Gasteiger partial charge in [-0.25, -0.2) is 4.98 Å². The maximum absolute atomic E-state index is 8.90. The molecule has 96 valence electrons. The fourth-order valence-corrected chi connectivity index (χ4v) is 1.92. The maximum Gasteiger partial charge on any atom is 0.125 e. The van der Waals surface area contributed by atoms with Crippen molar-refractivity contribution in [1.29, 1.82) is 5.26 Å². The van der Waals surface area contributed by atoms with Crippen molar-refractivity contribution >= 4 is 5.82 Å².